The Morgan fingerprint density at radius 1 is 0.833 bits per heavy atom. The van der Waals surface area contributed by atoms with Gasteiger partial charge in [-0.25, -0.2) is 0 Å². The maximum absolute atomic E-state index is 13.9. The van der Waals surface area contributed by atoms with E-state index in [-0.39, 0.29) is 5.56 Å². The highest BCUT2D eigenvalue weighted by Crippen LogP contribution is 2.42. The molecule has 0 N–H and O–H groups in total. The van der Waals surface area contributed by atoms with Crippen molar-refractivity contribution < 1.29 is 0 Å². The van der Waals surface area contributed by atoms with Crippen LogP contribution in [0.1, 0.15) is 28.4 Å². The Kier molecular flexibility index (Phi) is 3.95. The summed E-state index contributed by atoms with van der Waals surface area (Å²) in [6.45, 7) is 0.755. The van der Waals surface area contributed by atoms with E-state index in [1.54, 1.807) is 0 Å². The predicted octanol–water partition coefficient (Wildman–Crippen LogP) is 5.02. The second-order valence-electron chi connectivity index (χ2n) is 8.27. The monoisotopic (exact) mass is 390 g/mol. The van der Waals surface area contributed by atoms with Crippen molar-refractivity contribution in [3.05, 3.63) is 112 Å². The summed E-state index contributed by atoms with van der Waals surface area (Å²) in [6.07, 6.45) is 4.65. The third-order valence-corrected chi connectivity index (χ3v) is 6.63. The summed E-state index contributed by atoms with van der Waals surface area (Å²) >= 11 is 0. The normalized spacial score (nSPS) is 16.6. The summed E-state index contributed by atoms with van der Waals surface area (Å²) < 4.78 is 2.06. The van der Waals surface area contributed by atoms with Crippen LogP contribution >= 0.6 is 0 Å². The number of aromatic nitrogens is 2. The summed E-state index contributed by atoms with van der Waals surface area (Å²) in [5.41, 5.74) is 9.17. The molecule has 3 nitrogen and oxygen atoms in total. The maximum atomic E-state index is 13.9. The van der Waals surface area contributed by atoms with Crippen LogP contribution in [0.2, 0.25) is 0 Å². The number of pyridine rings is 2. The quantitative estimate of drug-likeness (QED) is 0.482. The van der Waals surface area contributed by atoms with Crippen LogP contribution < -0.4 is 5.56 Å². The van der Waals surface area contributed by atoms with E-state index in [2.05, 4.69) is 58.1 Å². The maximum Gasteiger partial charge on any atom is 0.259 e. The number of rotatable bonds is 2. The van der Waals surface area contributed by atoms with Crippen LogP contribution in [0.15, 0.2) is 83.8 Å². The molecule has 0 radical (unpaired) electrons. The minimum atomic E-state index is 0.130. The van der Waals surface area contributed by atoms with E-state index in [1.165, 1.54) is 16.8 Å². The highest BCUT2D eigenvalue weighted by atomic mass is 16.1. The molecule has 1 aliphatic carbocycles. The first kappa shape index (κ1) is 17.4. The largest absolute Gasteiger partial charge is 0.311 e. The third-order valence-electron chi connectivity index (χ3n) is 6.63. The van der Waals surface area contributed by atoms with Crippen LogP contribution in [-0.4, -0.2) is 9.55 Å². The summed E-state index contributed by atoms with van der Waals surface area (Å²) in [5, 5.41) is 0. The van der Waals surface area contributed by atoms with E-state index >= 15 is 0 Å². The standard InChI is InChI=1S/C27H22N2O/c30-27-25(19-10-5-2-6-11-19)26-21-12-7-15-28-23(21)14-13-22(26)24-16-20(17-29(24)27)18-8-3-1-4-9-18/h1-12,15,20H,13-14,16-17H2. The van der Waals surface area contributed by atoms with Crippen LogP contribution in [0.5, 0.6) is 0 Å². The van der Waals surface area contributed by atoms with E-state index in [1.807, 2.05) is 30.5 Å². The zero-order valence-electron chi connectivity index (χ0n) is 16.7. The lowest BCUT2D eigenvalue weighted by molar-refractivity contribution is 0.639. The van der Waals surface area contributed by atoms with E-state index in [0.29, 0.717) is 5.92 Å². The molecule has 2 aliphatic rings. The van der Waals surface area contributed by atoms with Gasteiger partial charge in [-0.15, -0.1) is 0 Å². The van der Waals surface area contributed by atoms with Gasteiger partial charge in [-0.2, -0.15) is 0 Å². The molecule has 2 aromatic carbocycles. The van der Waals surface area contributed by atoms with Gasteiger partial charge in [0.2, 0.25) is 0 Å². The molecule has 0 amide bonds. The number of aryl methyl sites for hydroxylation is 1. The summed E-state index contributed by atoms with van der Waals surface area (Å²) in [5.74, 6) is 0.351. The van der Waals surface area contributed by atoms with Crippen molar-refractivity contribution in [3.63, 3.8) is 0 Å². The van der Waals surface area contributed by atoms with Crippen molar-refractivity contribution in [1.82, 2.24) is 9.55 Å². The van der Waals surface area contributed by atoms with Gasteiger partial charge in [-0.3, -0.25) is 9.78 Å². The molecule has 2 aromatic heterocycles. The van der Waals surface area contributed by atoms with Crippen LogP contribution in [0.4, 0.5) is 0 Å². The average Bonchev–Trinajstić information content (AvgIpc) is 3.27. The molecule has 4 aromatic rings. The Labute approximate surface area is 175 Å². The number of nitrogens with zero attached hydrogens (tertiary/aromatic N) is 2. The number of hydrogen-bond donors (Lipinski definition) is 0. The molecule has 0 fully saturated rings. The summed E-state index contributed by atoms with van der Waals surface area (Å²) in [6, 6.07) is 24.9. The van der Waals surface area contributed by atoms with E-state index < -0.39 is 0 Å². The first-order valence-electron chi connectivity index (χ1n) is 10.6. The Hall–Kier alpha value is -3.46. The Morgan fingerprint density at radius 2 is 1.60 bits per heavy atom. The first-order valence-corrected chi connectivity index (χ1v) is 10.6. The highest BCUT2D eigenvalue weighted by Gasteiger charge is 2.33. The lowest BCUT2D eigenvalue weighted by Gasteiger charge is -2.25. The van der Waals surface area contributed by atoms with Gasteiger partial charge in [0.25, 0.3) is 5.56 Å². The second kappa shape index (κ2) is 6.81. The van der Waals surface area contributed by atoms with Gasteiger partial charge in [0.15, 0.2) is 0 Å². The highest BCUT2D eigenvalue weighted by molar-refractivity contribution is 5.87. The Balaban J connectivity index is 1.63. The van der Waals surface area contributed by atoms with Gasteiger partial charge in [0, 0.05) is 41.2 Å². The van der Waals surface area contributed by atoms with Crippen LogP contribution in [0.3, 0.4) is 0 Å². The van der Waals surface area contributed by atoms with Crippen molar-refractivity contribution in [2.75, 3.05) is 0 Å². The van der Waals surface area contributed by atoms with Crippen molar-refractivity contribution in [2.24, 2.45) is 0 Å². The molecule has 0 saturated carbocycles. The topological polar surface area (TPSA) is 34.9 Å². The van der Waals surface area contributed by atoms with Crippen molar-refractivity contribution in [2.45, 2.75) is 31.7 Å². The zero-order valence-corrected chi connectivity index (χ0v) is 16.7. The Bertz CT molecular complexity index is 1310. The van der Waals surface area contributed by atoms with Crippen molar-refractivity contribution in [1.29, 1.82) is 0 Å². The predicted molar refractivity (Wildman–Crippen MR) is 120 cm³/mol. The van der Waals surface area contributed by atoms with Gasteiger partial charge in [0.05, 0.1) is 5.56 Å². The van der Waals surface area contributed by atoms with Gasteiger partial charge in [-0.05, 0) is 42.0 Å². The van der Waals surface area contributed by atoms with Crippen LogP contribution in [-0.2, 0) is 25.8 Å². The Morgan fingerprint density at radius 3 is 2.40 bits per heavy atom. The molecule has 3 heteroatoms. The molecule has 146 valence electrons. The van der Waals surface area contributed by atoms with Crippen LogP contribution in [0, 0.1) is 0 Å². The molecule has 6 rings (SSSR count). The van der Waals surface area contributed by atoms with Gasteiger partial charge in [0.1, 0.15) is 0 Å². The van der Waals surface area contributed by atoms with Crippen LogP contribution in [0.25, 0.3) is 22.3 Å². The summed E-state index contributed by atoms with van der Waals surface area (Å²) in [4.78, 5) is 18.5. The SMILES string of the molecule is O=c1c(-c2ccccc2)c2c(c3n1CC(c1ccccc1)C3)CCc1ncccc1-2. The second-order valence-corrected chi connectivity index (χ2v) is 8.27. The number of benzene rings is 2. The molecular weight excluding hydrogens is 368 g/mol. The van der Waals surface area contributed by atoms with Gasteiger partial charge in [-0.1, -0.05) is 66.7 Å². The molecular formula is C27H22N2O. The van der Waals surface area contributed by atoms with E-state index in [9.17, 15) is 4.79 Å². The molecule has 0 saturated heterocycles. The van der Waals surface area contributed by atoms with E-state index in [0.717, 1.165) is 53.8 Å². The van der Waals surface area contributed by atoms with Gasteiger partial charge >= 0.3 is 0 Å². The fourth-order valence-electron chi connectivity index (χ4n) is 5.26. The minimum Gasteiger partial charge on any atom is -0.311 e. The average molecular weight is 390 g/mol. The third kappa shape index (κ3) is 2.58. The molecule has 1 unspecified atom stereocenters. The molecule has 1 aliphatic heterocycles. The molecule has 0 spiro atoms. The summed E-state index contributed by atoms with van der Waals surface area (Å²) in [7, 11) is 0. The first-order chi connectivity index (χ1) is 14.8. The van der Waals surface area contributed by atoms with Gasteiger partial charge < -0.3 is 4.57 Å². The number of hydrogen-bond acceptors (Lipinski definition) is 2. The molecule has 30 heavy (non-hydrogen) atoms. The van der Waals surface area contributed by atoms with Crippen molar-refractivity contribution in [3.8, 4) is 22.3 Å². The molecule has 3 heterocycles. The molecule has 1 atom stereocenters. The lowest BCUT2D eigenvalue weighted by atomic mass is 9.82. The van der Waals surface area contributed by atoms with E-state index in [4.69, 9.17) is 0 Å². The smallest absolute Gasteiger partial charge is 0.259 e. The number of fused-ring (bicyclic) bond motifs is 5. The zero-order chi connectivity index (χ0) is 20.1. The fourth-order valence-corrected chi connectivity index (χ4v) is 5.26. The van der Waals surface area contributed by atoms with Crippen molar-refractivity contribution >= 4 is 0 Å². The lowest BCUT2D eigenvalue weighted by Crippen LogP contribution is -2.26. The molecule has 0 bridgehead atoms. The minimum absolute atomic E-state index is 0.130. The fraction of sp³-hybridized carbons (Fsp3) is 0.185.